The highest BCUT2D eigenvalue weighted by atomic mass is 13.9. The van der Waals surface area contributed by atoms with Crippen LogP contribution in [-0.2, 0) is 0 Å². The summed E-state index contributed by atoms with van der Waals surface area (Å²) >= 11 is 0. The molecule has 0 heteroatoms. The molecule has 0 unspecified atom stereocenters. The summed E-state index contributed by atoms with van der Waals surface area (Å²) in [6, 6.07) is 18.4. The van der Waals surface area contributed by atoms with Gasteiger partial charge in [-0.2, -0.15) is 0 Å². The lowest BCUT2D eigenvalue weighted by molar-refractivity contribution is 1.53. The van der Waals surface area contributed by atoms with Crippen molar-refractivity contribution >= 4 is 18.7 Å². The molecule has 0 aliphatic heterocycles. The number of hydrogen-bond donors (Lipinski definition) is 0. The fraction of sp³-hybridized carbons (Fsp3) is 0. The molecular formula is C16H14. The predicted molar refractivity (Wildman–Crippen MR) is 71.2 cm³/mol. The van der Waals surface area contributed by atoms with Crippen LogP contribution in [0.3, 0.4) is 0 Å². The Morgan fingerprint density at radius 2 is 1.50 bits per heavy atom. The quantitative estimate of drug-likeness (QED) is 0.708. The number of benzene rings is 2. The van der Waals surface area contributed by atoms with Gasteiger partial charge in [-0.25, -0.2) is 0 Å². The molecule has 78 valence electrons. The minimum absolute atomic E-state index is 1.06. The zero-order valence-electron chi connectivity index (χ0n) is 9.14. The molecule has 0 spiro atoms. The van der Waals surface area contributed by atoms with Gasteiger partial charge in [0.1, 0.15) is 0 Å². The third-order valence-corrected chi connectivity index (χ3v) is 2.42. The molecule has 2 aromatic carbocycles. The van der Waals surface area contributed by atoms with E-state index in [9.17, 15) is 0 Å². The second-order valence-corrected chi connectivity index (χ2v) is 3.64. The van der Waals surface area contributed by atoms with Gasteiger partial charge in [0.15, 0.2) is 0 Å². The third-order valence-electron chi connectivity index (χ3n) is 2.42. The fourth-order valence-corrected chi connectivity index (χ4v) is 1.52. The van der Waals surface area contributed by atoms with Gasteiger partial charge in [0.25, 0.3) is 0 Å². The molecule has 0 bridgehead atoms. The number of hydrogen-bond acceptors (Lipinski definition) is 0. The van der Waals surface area contributed by atoms with E-state index in [1.165, 1.54) is 5.56 Å². The highest BCUT2D eigenvalue weighted by molar-refractivity contribution is 5.57. The van der Waals surface area contributed by atoms with Crippen molar-refractivity contribution in [1.82, 2.24) is 0 Å². The van der Waals surface area contributed by atoms with Crippen molar-refractivity contribution in [2.24, 2.45) is 0 Å². The fourth-order valence-electron chi connectivity index (χ4n) is 1.52. The first-order valence-electron chi connectivity index (χ1n) is 5.34. The second kappa shape index (κ2) is 5.13. The Labute approximate surface area is 95.9 Å². The van der Waals surface area contributed by atoms with Crippen molar-refractivity contribution in [1.29, 1.82) is 0 Å². The molecule has 2 aromatic rings. The van der Waals surface area contributed by atoms with Gasteiger partial charge < -0.3 is 0 Å². The normalized spacial score (nSPS) is 12.1. The maximum absolute atomic E-state index is 3.98. The van der Waals surface area contributed by atoms with Crippen molar-refractivity contribution in [3.8, 4) is 0 Å². The Balaban J connectivity index is 2.25. The summed E-state index contributed by atoms with van der Waals surface area (Å²) in [6.07, 6.45) is 6.22. The van der Waals surface area contributed by atoms with Gasteiger partial charge in [0.05, 0.1) is 0 Å². The molecule has 0 nitrogen and oxygen atoms in total. The van der Waals surface area contributed by atoms with Crippen molar-refractivity contribution < 1.29 is 0 Å². The lowest BCUT2D eigenvalue weighted by Gasteiger charge is -1.89. The van der Waals surface area contributed by atoms with E-state index in [1.54, 1.807) is 0 Å². The van der Waals surface area contributed by atoms with Crippen LogP contribution in [0.4, 0.5) is 0 Å². The van der Waals surface area contributed by atoms with Gasteiger partial charge in [-0.15, -0.1) is 0 Å². The maximum Gasteiger partial charge on any atom is -0.0190 e. The molecule has 2 rings (SSSR count). The number of allylic oxidation sites excluding steroid dienone is 1. The molecule has 0 radical (unpaired) electrons. The monoisotopic (exact) mass is 206 g/mol. The molecule has 0 N–H and O–H groups in total. The standard InChI is InChI=1S/C16H14/c1-14-8-5-6-12-16(14)13-7-11-15-9-3-2-4-10-15/h2-13H,1H2/b11-7-,16-13-. The van der Waals surface area contributed by atoms with E-state index in [0.717, 1.165) is 10.4 Å². The first-order chi connectivity index (χ1) is 7.86. The second-order valence-electron chi connectivity index (χ2n) is 3.64. The topological polar surface area (TPSA) is 0 Å². The molecule has 0 heterocycles. The van der Waals surface area contributed by atoms with Gasteiger partial charge in [-0.1, -0.05) is 79.4 Å². The summed E-state index contributed by atoms with van der Waals surface area (Å²) in [5, 5.41) is 2.22. The minimum atomic E-state index is 1.06. The largest absolute Gasteiger partial charge is 0.0912 e. The van der Waals surface area contributed by atoms with Crippen LogP contribution < -0.4 is 10.4 Å². The van der Waals surface area contributed by atoms with Crippen LogP contribution >= 0.6 is 0 Å². The highest BCUT2D eigenvalue weighted by Crippen LogP contribution is 2.00. The van der Waals surface area contributed by atoms with Crippen molar-refractivity contribution in [2.45, 2.75) is 0 Å². The Hall–Kier alpha value is -2.08. The summed E-state index contributed by atoms with van der Waals surface area (Å²) in [5.74, 6) is 0. The van der Waals surface area contributed by atoms with Crippen LogP contribution in [0.15, 0.2) is 60.7 Å². The lowest BCUT2D eigenvalue weighted by Crippen LogP contribution is -2.21. The van der Waals surface area contributed by atoms with E-state index >= 15 is 0 Å². The van der Waals surface area contributed by atoms with Crippen LogP contribution in [0.1, 0.15) is 5.56 Å². The summed E-state index contributed by atoms with van der Waals surface area (Å²) in [5.41, 5.74) is 1.21. The molecule has 16 heavy (non-hydrogen) atoms. The Morgan fingerprint density at radius 1 is 0.812 bits per heavy atom. The Bertz CT molecular complexity index is 577. The molecule has 0 aromatic heterocycles. The van der Waals surface area contributed by atoms with Crippen LogP contribution in [0.2, 0.25) is 0 Å². The molecule has 0 aliphatic carbocycles. The van der Waals surface area contributed by atoms with E-state index in [1.807, 2.05) is 36.4 Å². The Kier molecular flexibility index (Phi) is 3.35. The third kappa shape index (κ3) is 2.71. The minimum Gasteiger partial charge on any atom is -0.0912 e. The van der Waals surface area contributed by atoms with Crippen molar-refractivity contribution in [2.75, 3.05) is 0 Å². The van der Waals surface area contributed by atoms with Gasteiger partial charge in [0.2, 0.25) is 0 Å². The van der Waals surface area contributed by atoms with E-state index in [4.69, 9.17) is 0 Å². The molecule has 0 saturated carbocycles. The van der Waals surface area contributed by atoms with Crippen molar-refractivity contribution in [3.05, 3.63) is 76.7 Å². The SMILES string of the molecule is C=c1cccc/c1=C/C=C\c1ccccc1. The molecular weight excluding hydrogens is 192 g/mol. The average Bonchev–Trinajstić information content (AvgIpc) is 2.33. The highest BCUT2D eigenvalue weighted by Gasteiger charge is 1.81. The van der Waals surface area contributed by atoms with Crippen LogP contribution in [0.25, 0.3) is 18.7 Å². The smallest absolute Gasteiger partial charge is 0.0190 e. The summed E-state index contributed by atoms with van der Waals surface area (Å²) < 4.78 is 0. The first-order valence-corrected chi connectivity index (χ1v) is 5.34. The van der Waals surface area contributed by atoms with E-state index in [-0.39, 0.29) is 0 Å². The van der Waals surface area contributed by atoms with E-state index in [0.29, 0.717) is 0 Å². The van der Waals surface area contributed by atoms with Gasteiger partial charge in [0, 0.05) is 0 Å². The molecule has 0 fully saturated rings. The maximum atomic E-state index is 3.98. The lowest BCUT2D eigenvalue weighted by atomic mass is 10.2. The first kappa shape index (κ1) is 10.4. The molecule has 0 aliphatic rings. The zero-order chi connectivity index (χ0) is 11.2. The molecule has 0 amide bonds. The van der Waals surface area contributed by atoms with Crippen LogP contribution in [0.5, 0.6) is 0 Å². The summed E-state index contributed by atoms with van der Waals surface area (Å²) in [4.78, 5) is 0. The number of rotatable bonds is 2. The van der Waals surface area contributed by atoms with Crippen molar-refractivity contribution in [3.63, 3.8) is 0 Å². The molecule has 0 saturated heterocycles. The van der Waals surface area contributed by atoms with Gasteiger partial charge >= 0.3 is 0 Å². The molecule has 0 atom stereocenters. The van der Waals surface area contributed by atoms with Crippen LogP contribution in [0, 0.1) is 0 Å². The van der Waals surface area contributed by atoms with E-state index < -0.39 is 0 Å². The van der Waals surface area contributed by atoms with E-state index in [2.05, 4.69) is 43.0 Å². The zero-order valence-corrected chi connectivity index (χ0v) is 9.14. The average molecular weight is 206 g/mol. The van der Waals surface area contributed by atoms with Crippen LogP contribution in [-0.4, -0.2) is 0 Å². The predicted octanol–water partition coefficient (Wildman–Crippen LogP) is 2.59. The summed E-state index contributed by atoms with van der Waals surface area (Å²) in [7, 11) is 0. The van der Waals surface area contributed by atoms with Gasteiger partial charge in [-0.05, 0) is 16.0 Å². The summed E-state index contributed by atoms with van der Waals surface area (Å²) in [6.45, 7) is 3.98. The van der Waals surface area contributed by atoms with Gasteiger partial charge in [-0.3, -0.25) is 0 Å². The Morgan fingerprint density at radius 3 is 2.25 bits per heavy atom.